The molecule has 2 aromatic heterocycles. The van der Waals surface area contributed by atoms with Crippen molar-refractivity contribution in [1.29, 1.82) is 0 Å². The predicted octanol–water partition coefficient (Wildman–Crippen LogP) is 2.92. The van der Waals surface area contributed by atoms with Crippen molar-refractivity contribution in [3.05, 3.63) is 46.7 Å². The molecule has 0 fully saturated rings. The van der Waals surface area contributed by atoms with Crippen molar-refractivity contribution in [3.8, 4) is 0 Å². The van der Waals surface area contributed by atoms with Crippen LogP contribution in [0.25, 0.3) is 11.0 Å². The van der Waals surface area contributed by atoms with Crippen molar-refractivity contribution >= 4 is 44.1 Å². The number of H-pyrrole nitrogens is 1. The van der Waals surface area contributed by atoms with Crippen LogP contribution in [0.2, 0.25) is 5.02 Å². The molecule has 0 unspecified atom stereocenters. The zero-order valence-corrected chi connectivity index (χ0v) is 14.4. The highest BCUT2D eigenvalue weighted by molar-refractivity contribution is 7.92. The Balaban J connectivity index is 1.99. The minimum Gasteiger partial charge on any atom is -0.294 e. The number of fused-ring (bicyclic) bond motifs is 1. The fraction of sp³-hybridized carbons (Fsp3) is 0.133. The highest BCUT2D eigenvalue weighted by atomic mass is 35.5. The Morgan fingerprint density at radius 3 is 2.75 bits per heavy atom. The second-order valence-electron chi connectivity index (χ2n) is 5.25. The smallest absolute Gasteiger partial charge is 0.261 e. The number of sulfonamides is 1. The van der Waals surface area contributed by atoms with Gasteiger partial charge < -0.3 is 0 Å². The quantitative estimate of drug-likeness (QED) is 0.692. The maximum absolute atomic E-state index is 12.5. The molecule has 0 spiro atoms. The first-order chi connectivity index (χ1) is 11.3. The second kappa shape index (κ2) is 5.88. The summed E-state index contributed by atoms with van der Waals surface area (Å²) in [6.07, 6.45) is 1.38. The third kappa shape index (κ3) is 2.98. The molecular formula is C15H13ClN4O3S. The van der Waals surface area contributed by atoms with Crippen molar-refractivity contribution in [1.82, 2.24) is 15.2 Å². The third-order valence-electron chi connectivity index (χ3n) is 3.48. The van der Waals surface area contributed by atoms with Gasteiger partial charge in [-0.25, -0.2) is 13.4 Å². The van der Waals surface area contributed by atoms with Crippen LogP contribution in [-0.4, -0.2) is 29.4 Å². The van der Waals surface area contributed by atoms with Crippen molar-refractivity contribution < 1.29 is 13.2 Å². The number of anilines is 1. The average molecular weight is 365 g/mol. The maximum atomic E-state index is 12.5. The summed E-state index contributed by atoms with van der Waals surface area (Å²) in [5.74, 6) is -0.311. The SMILES string of the molecule is CC(=O)c1cc(S(=O)(=O)Nc2cnc3n[nH]c(C)c3c2)ccc1Cl. The van der Waals surface area contributed by atoms with Crippen molar-refractivity contribution in [2.75, 3.05) is 4.72 Å². The molecule has 0 saturated heterocycles. The van der Waals surface area contributed by atoms with Crippen LogP contribution in [0.5, 0.6) is 0 Å². The van der Waals surface area contributed by atoms with Crippen molar-refractivity contribution in [2.24, 2.45) is 0 Å². The average Bonchev–Trinajstić information content (AvgIpc) is 2.88. The summed E-state index contributed by atoms with van der Waals surface area (Å²) < 4.78 is 27.5. The Kier molecular flexibility index (Phi) is 4.02. The van der Waals surface area contributed by atoms with E-state index in [0.717, 1.165) is 11.1 Å². The standard InChI is InChI=1S/C15H13ClN4O3S/c1-8-12-5-10(7-17-15(12)19-18-8)20-24(22,23)11-3-4-14(16)13(6-11)9(2)21/h3-7,20H,1-2H3,(H,17,18,19). The Labute approximate surface area is 143 Å². The molecule has 1 aromatic carbocycles. The maximum Gasteiger partial charge on any atom is 0.261 e. The van der Waals surface area contributed by atoms with E-state index >= 15 is 0 Å². The number of Topliss-reactive ketones (excluding diaryl/α,β-unsaturated/α-hetero) is 1. The summed E-state index contributed by atoms with van der Waals surface area (Å²) in [7, 11) is -3.88. The molecule has 2 heterocycles. The van der Waals surface area contributed by atoms with Crippen molar-refractivity contribution in [2.45, 2.75) is 18.7 Å². The molecule has 0 amide bonds. The largest absolute Gasteiger partial charge is 0.294 e. The number of pyridine rings is 1. The Morgan fingerprint density at radius 2 is 2.04 bits per heavy atom. The van der Waals surface area contributed by atoms with E-state index in [0.29, 0.717) is 11.3 Å². The molecule has 3 rings (SSSR count). The minimum atomic E-state index is -3.88. The first-order valence-electron chi connectivity index (χ1n) is 6.92. The number of carbonyl (C=O) groups is 1. The molecule has 0 atom stereocenters. The highest BCUT2D eigenvalue weighted by Crippen LogP contribution is 2.24. The van der Waals surface area contributed by atoms with E-state index in [9.17, 15) is 13.2 Å². The summed E-state index contributed by atoms with van der Waals surface area (Å²) in [6.45, 7) is 3.14. The molecule has 9 heteroatoms. The van der Waals surface area contributed by atoms with Gasteiger partial charge in [0.2, 0.25) is 0 Å². The van der Waals surface area contributed by atoms with Gasteiger partial charge >= 0.3 is 0 Å². The van der Waals surface area contributed by atoms with E-state index in [1.165, 1.54) is 31.3 Å². The predicted molar refractivity (Wildman–Crippen MR) is 90.9 cm³/mol. The second-order valence-corrected chi connectivity index (χ2v) is 7.34. The van der Waals surface area contributed by atoms with Crippen LogP contribution < -0.4 is 4.72 Å². The summed E-state index contributed by atoms with van der Waals surface area (Å²) in [4.78, 5) is 15.6. The third-order valence-corrected chi connectivity index (χ3v) is 5.19. The monoisotopic (exact) mass is 364 g/mol. The molecule has 124 valence electrons. The van der Waals surface area contributed by atoms with Gasteiger partial charge in [0.1, 0.15) is 0 Å². The molecule has 0 aliphatic rings. The van der Waals surface area contributed by atoms with E-state index < -0.39 is 10.0 Å². The molecule has 2 N–H and O–H groups in total. The Bertz CT molecular complexity index is 1060. The van der Waals surface area contributed by atoms with Gasteiger partial charge in [-0.2, -0.15) is 5.10 Å². The molecular weight excluding hydrogens is 352 g/mol. The number of ketones is 1. The van der Waals surface area contributed by atoms with Crippen LogP contribution in [0, 0.1) is 6.92 Å². The van der Waals surface area contributed by atoms with Crippen LogP contribution in [0.1, 0.15) is 23.0 Å². The fourth-order valence-electron chi connectivity index (χ4n) is 2.23. The number of halogens is 1. The van der Waals surface area contributed by atoms with Gasteiger partial charge in [0.05, 0.1) is 21.8 Å². The molecule has 0 aliphatic heterocycles. The molecule has 0 radical (unpaired) electrons. The van der Waals surface area contributed by atoms with E-state index in [4.69, 9.17) is 11.6 Å². The van der Waals surface area contributed by atoms with Crippen LogP contribution in [0.15, 0.2) is 35.4 Å². The topological polar surface area (TPSA) is 105 Å². The molecule has 0 bridgehead atoms. The summed E-state index contributed by atoms with van der Waals surface area (Å²) in [5, 5.41) is 7.70. The van der Waals surface area contributed by atoms with Crippen LogP contribution >= 0.6 is 11.6 Å². The van der Waals surface area contributed by atoms with Gasteiger partial charge in [-0.05, 0) is 38.1 Å². The van der Waals surface area contributed by atoms with Gasteiger partial charge in [0.25, 0.3) is 10.0 Å². The summed E-state index contributed by atoms with van der Waals surface area (Å²) in [6, 6.07) is 5.61. The van der Waals surface area contributed by atoms with Crippen LogP contribution in [-0.2, 0) is 10.0 Å². The number of nitrogens with zero attached hydrogens (tertiary/aromatic N) is 2. The lowest BCUT2D eigenvalue weighted by atomic mass is 10.1. The van der Waals surface area contributed by atoms with Crippen LogP contribution in [0.4, 0.5) is 5.69 Å². The molecule has 0 saturated carbocycles. The lowest BCUT2D eigenvalue weighted by Gasteiger charge is -2.09. The van der Waals surface area contributed by atoms with Gasteiger partial charge in [0.15, 0.2) is 11.4 Å². The molecule has 24 heavy (non-hydrogen) atoms. The Hall–Kier alpha value is -2.45. The number of aryl methyl sites for hydroxylation is 1. The van der Waals surface area contributed by atoms with Crippen LogP contribution in [0.3, 0.4) is 0 Å². The number of benzene rings is 1. The molecule has 3 aromatic rings. The van der Waals surface area contributed by atoms with Gasteiger partial charge in [-0.15, -0.1) is 0 Å². The van der Waals surface area contributed by atoms with E-state index in [-0.39, 0.29) is 21.3 Å². The van der Waals surface area contributed by atoms with Crippen molar-refractivity contribution in [3.63, 3.8) is 0 Å². The highest BCUT2D eigenvalue weighted by Gasteiger charge is 2.18. The number of carbonyl (C=O) groups excluding carboxylic acids is 1. The zero-order valence-electron chi connectivity index (χ0n) is 12.8. The van der Waals surface area contributed by atoms with Gasteiger partial charge in [-0.1, -0.05) is 11.6 Å². The number of aromatic nitrogens is 3. The molecule has 7 nitrogen and oxygen atoms in total. The lowest BCUT2D eigenvalue weighted by Crippen LogP contribution is -2.14. The minimum absolute atomic E-state index is 0.0545. The number of nitrogens with one attached hydrogen (secondary N) is 2. The van der Waals surface area contributed by atoms with E-state index in [1.54, 1.807) is 6.07 Å². The zero-order chi connectivity index (χ0) is 17.5. The summed E-state index contributed by atoms with van der Waals surface area (Å²) in [5.41, 5.74) is 1.73. The van der Waals surface area contributed by atoms with E-state index in [1.807, 2.05) is 6.92 Å². The van der Waals surface area contributed by atoms with Gasteiger partial charge in [-0.3, -0.25) is 14.6 Å². The number of hydrogen-bond donors (Lipinski definition) is 2. The Morgan fingerprint density at radius 1 is 1.29 bits per heavy atom. The number of hydrogen-bond acceptors (Lipinski definition) is 5. The first kappa shape index (κ1) is 16.4. The number of aromatic amines is 1. The van der Waals surface area contributed by atoms with Gasteiger partial charge in [0, 0.05) is 16.6 Å². The fourth-order valence-corrected chi connectivity index (χ4v) is 3.54. The lowest BCUT2D eigenvalue weighted by molar-refractivity contribution is 0.101. The summed E-state index contributed by atoms with van der Waals surface area (Å²) >= 11 is 5.92. The number of rotatable bonds is 4. The normalized spacial score (nSPS) is 11.6. The molecule has 0 aliphatic carbocycles. The first-order valence-corrected chi connectivity index (χ1v) is 8.78. The van der Waals surface area contributed by atoms with E-state index in [2.05, 4.69) is 19.9 Å².